The Hall–Kier alpha value is -1.65. The van der Waals surface area contributed by atoms with E-state index in [9.17, 15) is 4.79 Å². The summed E-state index contributed by atoms with van der Waals surface area (Å²) in [4.78, 5) is 13.3. The van der Waals surface area contributed by atoms with E-state index >= 15 is 0 Å². The van der Waals surface area contributed by atoms with Crippen molar-refractivity contribution in [3.63, 3.8) is 0 Å². The van der Waals surface area contributed by atoms with Gasteiger partial charge in [0.2, 0.25) is 0 Å². The van der Waals surface area contributed by atoms with Gasteiger partial charge in [0, 0.05) is 15.8 Å². The number of thiophene rings is 1. The molecule has 0 saturated heterocycles. The van der Waals surface area contributed by atoms with Crippen molar-refractivity contribution in [2.75, 3.05) is 7.05 Å². The van der Waals surface area contributed by atoms with Gasteiger partial charge in [0.25, 0.3) is 0 Å². The third-order valence-electron chi connectivity index (χ3n) is 2.88. The zero-order valence-electron chi connectivity index (χ0n) is 10.3. The maximum Gasteiger partial charge on any atom is 0.335 e. The van der Waals surface area contributed by atoms with E-state index in [1.165, 1.54) is 4.88 Å². The number of hydrogen-bond donors (Lipinski definition) is 2. The number of benzene rings is 1. The van der Waals surface area contributed by atoms with Crippen molar-refractivity contribution in [3.05, 3.63) is 46.8 Å². The van der Waals surface area contributed by atoms with Crippen LogP contribution in [0.25, 0.3) is 10.4 Å². The SMILES string of the molecule is CNC(C)c1ccc(-c2cccc(C(=O)O)c2)s1. The van der Waals surface area contributed by atoms with Crippen LogP contribution < -0.4 is 5.32 Å². The van der Waals surface area contributed by atoms with Crippen LogP contribution in [0.15, 0.2) is 36.4 Å². The summed E-state index contributed by atoms with van der Waals surface area (Å²) in [6.07, 6.45) is 0. The summed E-state index contributed by atoms with van der Waals surface area (Å²) in [6, 6.07) is 11.5. The fourth-order valence-corrected chi connectivity index (χ4v) is 2.75. The molecule has 2 rings (SSSR count). The third-order valence-corrected chi connectivity index (χ3v) is 4.20. The molecule has 0 amide bonds. The highest BCUT2D eigenvalue weighted by Gasteiger charge is 2.09. The predicted molar refractivity (Wildman–Crippen MR) is 74.2 cm³/mol. The van der Waals surface area contributed by atoms with Crippen molar-refractivity contribution in [2.45, 2.75) is 13.0 Å². The minimum absolute atomic E-state index is 0.311. The molecule has 0 spiro atoms. The Kier molecular flexibility index (Phi) is 3.79. The number of nitrogens with one attached hydrogen (secondary N) is 1. The van der Waals surface area contributed by atoms with Crippen molar-refractivity contribution in [1.82, 2.24) is 5.32 Å². The Morgan fingerprint density at radius 1 is 1.33 bits per heavy atom. The smallest absolute Gasteiger partial charge is 0.335 e. The summed E-state index contributed by atoms with van der Waals surface area (Å²) in [5, 5.41) is 12.2. The summed E-state index contributed by atoms with van der Waals surface area (Å²) in [6.45, 7) is 2.10. The molecule has 2 aromatic rings. The Balaban J connectivity index is 2.34. The van der Waals surface area contributed by atoms with Gasteiger partial charge in [-0.2, -0.15) is 0 Å². The van der Waals surface area contributed by atoms with E-state index in [0.29, 0.717) is 11.6 Å². The first-order chi connectivity index (χ1) is 8.61. The van der Waals surface area contributed by atoms with Gasteiger partial charge in [-0.15, -0.1) is 11.3 Å². The second kappa shape index (κ2) is 5.33. The molecule has 18 heavy (non-hydrogen) atoms. The summed E-state index contributed by atoms with van der Waals surface area (Å²) >= 11 is 1.68. The Labute approximate surface area is 110 Å². The monoisotopic (exact) mass is 261 g/mol. The molecule has 1 unspecified atom stereocenters. The minimum Gasteiger partial charge on any atom is -0.478 e. The van der Waals surface area contributed by atoms with Gasteiger partial charge in [-0.05, 0) is 43.8 Å². The van der Waals surface area contributed by atoms with E-state index in [-0.39, 0.29) is 0 Å². The number of aromatic carboxylic acids is 1. The van der Waals surface area contributed by atoms with Crippen LogP contribution in [0.1, 0.15) is 28.2 Å². The number of carboxylic acid groups (broad SMARTS) is 1. The van der Waals surface area contributed by atoms with Crippen molar-refractivity contribution in [2.24, 2.45) is 0 Å². The fraction of sp³-hybridized carbons (Fsp3) is 0.214. The van der Waals surface area contributed by atoms with Crippen LogP contribution >= 0.6 is 11.3 Å². The van der Waals surface area contributed by atoms with Crippen molar-refractivity contribution in [1.29, 1.82) is 0 Å². The third kappa shape index (κ3) is 2.60. The predicted octanol–water partition coefficient (Wildman–Crippen LogP) is 3.39. The quantitative estimate of drug-likeness (QED) is 0.887. The summed E-state index contributed by atoms with van der Waals surface area (Å²) in [5.41, 5.74) is 1.28. The van der Waals surface area contributed by atoms with Gasteiger partial charge in [0.1, 0.15) is 0 Å². The highest BCUT2D eigenvalue weighted by molar-refractivity contribution is 7.15. The van der Waals surface area contributed by atoms with Crippen LogP contribution in [0, 0.1) is 0 Å². The molecule has 0 saturated carbocycles. The van der Waals surface area contributed by atoms with E-state index in [1.54, 1.807) is 29.5 Å². The molecule has 1 heterocycles. The molecule has 1 aromatic carbocycles. The molecule has 94 valence electrons. The largest absolute Gasteiger partial charge is 0.478 e. The molecule has 1 atom stereocenters. The molecule has 0 bridgehead atoms. The molecule has 2 N–H and O–H groups in total. The standard InChI is InChI=1S/C14H15NO2S/c1-9(15-2)12-6-7-13(18-12)10-4-3-5-11(8-10)14(16)17/h3-9,15H,1-2H3,(H,16,17). The van der Waals surface area contributed by atoms with E-state index in [0.717, 1.165) is 10.4 Å². The van der Waals surface area contributed by atoms with Gasteiger partial charge in [0.05, 0.1) is 5.56 Å². The summed E-state index contributed by atoms with van der Waals surface area (Å²) < 4.78 is 0. The first kappa shape index (κ1) is 12.8. The molecule has 3 nitrogen and oxygen atoms in total. The lowest BCUT2D eigenvalue weighted by Crippen LogP contribution is -2.10. The maximum atomic E-state index is 10.9. The Morgan fingerprint density at radius 2 is 2.11 bits per heavy atom. The Morgan fingerprint density at radius 3 is 2.78 bits per heavy atom. The maximum absolute atomic E-state index is 10.9. The first-order valence-corrected chi connectivity index (χ1v) is 6.54. The second-order valence-electron chi connectivity index (χ2n) is 4.10. The van der Waals surface area contributed by atoms with Crippen LogP contribution in [0.2, 0.25) is 0 Å². The van der Waals surface area contributed by atoms with Crippen LogP contribution in [0.3, 0.4) is 0 Å². The van der Waals surface area contributed by atoms with Gasteiger partial charge in [-0.1, -0.05) is 12.1 Å². The zero-order chi connectivity index (χ0) is 13.1. The van der Waals surface area contributed by atoms with Crippen LogP contribution in [0.5, 0.6) is 0 Å². The van der Waals surface area contributed by atoms with Crippen LogP contribution in [-0.2, 0) is 0 Å². The Bertz CT molecular complexity index is 562. The molecule has 1 aromatic heterocycles. The van der Waals surface area contributed by atoms with Crippen molar-refractivity contribution in [3.8, 4) is 10.4 Å². The molecular weight excluding hydrogens is 246 g/mol. The molecule has 0 aliphatic heterocycles. The topological polar surface area (TPSA) is 49.3 Å². The van der Waals surface area contributed by atoms with Crippen LogP contribution in [-0.4, -0.2) is 18.1 Å². The van der Waals surface area contributed by atoms with Crippen molar-refractivity contribution >= 4 is 17.3 Å². The average Bonchev–Trinajstić information content (AvgIpc) is 2.87. The molecule has 0 radical (unpaired) electrons. The summed E-state index contributed by atoms with van der Waals surface area (Å²) in [5.74, 6) is -0.891. The van der Waals surface area contributed by atoms with E-state index in [1.807, 2.05) is 19.2 Å². The number of carboxylic acids is 1. The van der Waals surface area contributed by atoms with Crippen LogP contribution in [0.4, 0.5) is 0 Å². The minimum atomic E-state index is -0.891. The number of rotatable bonds is 4. The number of hydrogen-bond acceptors (Lipinski definition) is 3. The number of carbonyl (C=O) groups is 1. The lowest BCUT2D eigenvalue weighted by atomic mass is 10.1. The van der Waals surface area contributed by atoms with Gasteiger partial charge in [-0.25, -0.2) is 4.79 Å². The second-order valence-corrected chi connectivity index (χ2v) is 5.21. The van der Waals surface area contributed by atoms with Crippen molar-refractivity contribution < 1.29 is 9.90 Å². The van der Waals surface area contributed by atoms with E-state index in [4.69, 9.17) is 5.11 Å². The molecule has 0 fully saturated rings. The van der Waals surface area contributed by atoms with Gasteiger partial charge >= 0.3 is 5.97 Å². The molecule has 0 aliphatic carbocycles. The van der Waals surface area contributed by atoms with Gasteiger partial charge in [0.15, 0.2) is 0 Å². The molecule has 0 aliphatic rings. The average molecular weight is 261 g/mol. The molecular formula is C14H15NO2S. The lowest BCUT2D eigenvalue weighted by Gasteiger charge is -2.06. The van der Waals surface area contributed by atoms with Gasteiger partial charge < -0.3 is 10.4 Å². The fourth-order valence-electron chi connectivity index (χ4n) is 1.69. The molecule has 4 heteroatoms. The van der Waals surface area contributed by atoms with E-state index < -0.39 is 5.97 Å². The van der Waals surface area contributed by atoms with Gasteiger partial charge in [-0.3, -0.25) is 0 Å². The lowest BCUT2D eigenvalue weighted by molar-refractivity contribution is 0.0697. The highest BCUT2D eigenvalue weighted by atomic mass is 32.1. The summed E-state index contributed by atoms with van der Waals surface area (Å²) in [7, 11) is 1.93. The highest BCUT2D eigenvalue weighted by Crippen LogP contribution is 2.31. The van der Waals surface area contributed by atoms with E-state index in [2.05, 4.69) is 18.3 Å². The first-order valence-electron chi connectivity index (χ1n) is 5.72. The zero-order valence-corrected chi connectivity index (χ0v) is 11.1. The normalized spacial score (nSPS) is 12.3.